The van der Waals surface area contributed by atoms with Crippen molar-refractivity contribution >= 4 is 21.9 Å². The quantitative estimate of drug-likeness (QED) is 0.0861. The average molecular weight is 462 g/mol. The molecular weight excluding hydrogens is 412 g/mol. The molecule has 0 fully saturated rings. The second-order valence-corrected chi connectivity index (χ2v) is 9.11. The molecule has 0 saturated heterocycles. The Hall–Kier alpha value is -0.0500. The predicted octanol–water partition coefficient (Wildman–Crippen LogP) is 9.14. The van der Waals surface area contributed by atoms with Crippen LogP contribution in [0.15, 0.2) is 0 Å². The Labute approximate surface area is 185 Å². The first-order valence-electron chi connectivity index (χ1n) is 12.5. The van der Waals surface area contributed by atoms with E-state index in [1.807, 2.05) is 6.92 Å². The van der Waals surface area contributed by atoms with Gasteiger partial charge in [-0.15, -0.1) is 0 Å². The van der Waals surface area contributed by atoms with Gasteiger partial charge in [-0.25, -0.2) is 0 Å². The third-order valence-corrected chi connectivity index (χ3v) is 6.13. The summed E-state index contributed by atoms with van der Waals surface area (Å²) in [6.07, 6.45) is 28.2. The van der Waals surface area contributed by atoms with E-state index in [0.717, 1.165) is 6.42 Å². The predicted molar refractivity (Wildman–Crippen MR) is 127 cm³/mol. The zero-order valence-electron chi connectivity index (χ0n) is 19.0. The molecule has 3 heteroatoms. The number of carbonyl (C=O) groups is 1. The van der Waals surface area contributed by atoms with Crippen LogP contribution < -0.4 is 0 Å². The van der Waals surface area contributed by atoms with Gasteiger partial charge in [0.05, 0.1) is 6.61 Å². The van der Waals surface area contributed by atoms with Crippen molar-refractivity contribution in [3.05, 3.63) is 0 Å². The minimum atomic E-state index is -0.0288. The molecule has 0 radical (unpaired) electrons. The van der Waals surface area contributed by atoms with Gasteiger partial charge in [-0.2, -0.15) is 0 Å². The number of hydrogen-bond donors (Lipinski definition) is 0. The first-order chi connectivity index (χ1) is 13.8. The van der Waals surface area contributed by atoms with Crippen molar-refractivity contribution in [2.75, 3.05) is 11.9 Å². The summed E-state index contributed by atoms with van der Waals surface area (Å²) in [5.74, 6) is -0.0288. The van der Waals surface area contributed by atoms with Crippen LogP contribution in [0.5, 0.6) is 0 Å². The fourth-order valence-electron chi connectivity index (χ4n) is 3.78. The summed E-state index contributed by atoms with van der Waals surface area (Å²) in [5.41, 5.74) is 0. The molecule has 0 aromatic carbocycles. The molecular formula is C25H49BrO2. The van der Waals surface area contributed by atoms with Gasteiger partial charge < -0.3 is 4.74 Å². The molecule has 0 aromatic heterocycles. The van der Waals surface area contributed by atoms with E-state index in [-0.39, 0.29) is 5.97 Å². The van der Waals surface area contributed by atoms with Gasteiger partial charge in [-0.3, -0.25) is 4.79 Å². The normalized spacial score (nSPS) is 11.1. The average Bonchev–Trinajstić information content (AvgIpc) is 2.69. The van der Waals surface area contributed by atoms with Crippen molar-refractivity contribution in [3.63, 3.8) is 0 Å². The number of carbonyl (C=O) groups excluding carboxylic acids is 1. The van der Waals surface area contributed by atoms with Gasteiger partial charge in [0.1, 0.15) is 0 Å². The van der Waals surface area contributed by atoms with Gasteiger partial charge >= 0.3 is 5.97 Å². The maximum absolute atomic E-state index is 11.2. The first-order valence-corrected chi connectivity index (χ1v) is 13.6. The topological polar surface area (TPSA) is 26.3 Å². The Kier molecular flexibility index (Phi) is 24.9. The Morgan fingerprint density at radius 3 is 1.11 bits per heavy atom. The largest absolute Gasteiger partial charge is 0.466 e. The summed E-state index contributed by atoms with van der Waals surface area (Å²) in [6.45, 7) is 2.38. The van der Waals surface area contributed by atoms with E-state index in [1.165, 1.54) is 127 Å². The molecule has 2 nitrogen and oxygen atoms in total. The Bertz CT molecular complexity index is 307. The molecule has 168 valence electrons. The molecule has 0 spiro atoms. The van der Waals surface area contributed by atoms with Crippen molar-refractivity contribution in [1.82, 2.24) is 0 Å². The highest BCUT2D eigenvalue weighted by Crippen LogP contribution is 2.15. The number of ether oxygens (including phenoxy) is 1. The molecule has 0 heterocycles. The molecule has 0 aromatic rings. The molecule has 0 amide bonds. The number of alkyl halides is 1. The second-order valence-electron chi connectivity index (χ2n) is 8.32. The van der Waals surface area contributed by atoms with Crippen LogP contribution in [-0.4, -0.2) is 17.9 Å². The number of esters is 1. The van der Waals surface area contributed by atoms with Crippen molar-refractivity contribution < 1.29 is 9.53 Å². The molecule has 28 heavy (non-hydrogen) atoms. The minimum absolute atomic E-state index is 0.0288. The van der Waals surface area contributed by atoms with Crippen LogP contribution in [0.3, 0.4) is 0 Å². The van der Waals surface area contributed by atoms with Gasteiger partial charge in [-0.05, 0) is 19.8 Å². The van der Waals surface area contributed by atoms with Crippen LogP contribution in [0.2, 0.25) is 0 Å². The third kappa shape index (κ3) is 24.0. The molecule has 0 aliphatic rings. The van der Waals surface area contributed by atoms with E-state index < -0.39 is 0 Å². The lowest BCUT2D eigenvalue weighted by molar-refractivity contribution is -0.143. The van der Waals surface area contributed by atoms with Crippen molar-refractivity contribution in [2.24, 2.45) is 0 Å². The summed E-state index contributed by atoms with van der Waals surface area (Å²) in [7, 11) is 0. The number of hydrogen-bond acceptors (Lipinski definition) is 2. The minimum Gasteiger partial charge on any atom is -0.466 e. The van der Waals surface area contributed by atoms with Crippen molar-refractivity contribution in [2.45, 2.75) is 142 Å². The van der Waals surface area contributed by atoms with Crippen molar-refractivity contribution in [3.8, 4) is 0 Å². The monoisotopic (exact) mass is 460 g/mol. The highest BCUT2D eigenvalue weighted by Gasteiger charge is 2.00. The Balaban J connectivity index is 3.02. The van der Waals surface area contributed by atoms with Gasteiger partial charge in [0.15, 0.2) is 0 Å². The molecule has 0 saturated carbocycles. The highest BCUT2D eigenvalue weighted by atomic mass is 79.9. The summed E-state index contributed by atoms with van der Waals surface area (Å²) >= 11 is 3.50. The third-order valence-electron chi connectivity index (χ3n) is 5.57. The molecule has 0 unspecified atom stereocenters. The van der Waals surface area contributed by atoms with Crippen LogP contribution in [0.1, 0.15) is 142 Å². The van der Waals surface area contributed by atoms with E-state index in [1.54, 1.807) is 0 Å². The standard InChI is InChI=1S/C25H49BrO2/c1-2-28-25(27)23-21-19-17-15-13-11-9-7-5-3-4-6-8-10-12-14-16-18-20-22-24-26/h2-24H2,1H3. The van der Waals surface area contributed by atoms with Gasteiger partial charge in [0.2, 0.25) is 0 Å². The van der Waals surface area contributed by atoms with E-state index >= 15 is 0 Å². The lowest BCUT2D eigenvalue weighted by Gasteiger charge is -2.04. The lowest BCUT2D eigenvalue weighted by Crippen LogP contribution is -2.03. The maximum atomic E-state index is 11.2. The Morgan fingerprint density at radius 2 is 0.821 bits per heavy atom. The molecule has 0 aliphatic carbocycles. The highest BCUT2D eigenvalue weighted by molar-refractivity contribution is 9.09. The van der Waals surface area contributed by atoms with E-state index in [4.69, 9.17) is 4.74 Å². The van der Waals surface area contributed by atoms with E-state index in [9.17, 15) is 4.79 Å². The Morgan fingerprint density at radius 1 is 0.536 bits per heavy atom. The van der Waals surface area contributed by atoms with Gasteiger partial charge in [0.25, 0.3) is 0 Å². The summed E-state index contributed by atoms with van der Waals surface area (Å²) in [6, 6.07) is 0. The van der Waals surface area contributed by atoms with Gasteiger partial charge in [0, 0.05) is 11.8 Å². The smallest absolute Gasteiger partial charge is 0.305 e. The van der Waals surface area contributed by atoms with Crippen LogP contribution in [0.25, 0.3) is 0 Å². The summed E-state index contributed by atoms with van der Waals surface area (Å²) in [4.78, 5) is 11.2. The molecule has 0 bridgehead atoms. The van der Waals surface area contributed by atoms with Crippen LogP contribution >= 0.6 is 15.9 Å². The number of unbranched alkanes of at least 4 members (excludes halogenated alkanes) is 19. The van der Waals surface area contributed by atoms with Crippen LogP contribution in [-0.2, 0) is 9.53 Å². The van der Waals surface area contributed by atoms with E-state index in [0.29, 0.717) is 13.0 Å². The molecule has 0 rings (SSSR count). The van der Waals surface area contributed by atoms with E-state index in [2.05, 4.69) is 15.9 Å². The molecule has 0 atom stereocenters. The zero-order valence-corrected chi connectivity index (χ0v) is 20.5. The van der Waals surface area contributed by atoms with Crippen LogP contribution in [0, 0.1) is 0 Å². The number of rotatable bonds is 23. The molecule has 0 N–H and O–H groups in total. The van der Waals surface area contributed by atoms with Gasteiger partial charge in [-0.1, -0.05) is 132 Å². The maximum Gasteiger partial charge on any atom is 0.305 e. The fourth-order valence-corrected chi connectivity index (χ4v) is 4.18. The second kappa shape index (κ2) is 25.0. The van der Waals surface area contributed by atoms with Crippen LogP contribution in [0.4, 0.5) is 0 Å². The summed E-state index contributed by atoms with van der Waals surface area (Å²) < 4.78 is 4.95. The number of halogens is 1. The first kappa shape index (κ1) is 27.9. The SMILES string of the molecule is CCOC(=O)CCCCCCCCCCCCCCCCCCCCCCBr. The summed E-state index contributed by atoms with van der Waals surface area (Å²) in [5, 5.41) is 1.17. The zero-order chi connectivity index (χ0) is 20.5. The molecule has 0 aliphatic heterocycles. The lowest BCUT2D eigenvalue weighted by atomic mass is 10.0. The van der Waals surface area contributed by atoms with Crippen molar-refractivity contribution in [1.29, 1.82) is 0 Å². The fraction of sp³-hybridized carbons (Fsp3) is 0.960.